The summed E-state index contributed by atoms with van der Waals surface area (Å²) < 4.78 is 6.77. The molecule has 3 nitrogen and oxygen atoms in total. The number of benzene rings is 2. The third-order valence-electron chi connectivity index (χ3n) is 5.80. The van der Waals surface area contributed by atoms with E-state index in [1.165, 1.54) is 11.1 Å². The van der Waals surface area contributed by atoms with Gasteiger partial charge in [0.1, 0.15) is 5.84 Å². The van der Waals surface area contributed by atoms with Gasteiger partial charge in [0.15, 0.2) is 5.72 Å². The summed E-state index contributed by atoms with van der Waals surface area (Å²) in [6.45, 7) is 8.65. The highest BCUT2D eigenvalue weighted by atomic mass is 35.5. The average Bonchev–Trinajstić information content (AvgIpc) is 3.30. The molecule has 2 aliphatic rings. The van der Waals surface area contributed by atoms with E-state index in [1.807, 2.05) is 12.1 Å². The lowest BCUT2D eigenvalue weighted by Crippen LogP contribution is -2.46. The Labute approximate surface area is 184 Å². The van der Waals surface area contributed by atoms with E-state index < -0.39 is 5.72 Å². The molecule has 4 heteroatoms. The van der Waals surface area contributed by atoms with E-state index in [4.69, 9.17) is 21.3 Å². The maximum absolute atomic E-state index is 6.77. The Morgan fingerprint density at radius 1 is 1.10 bits per heavy atom. The standard InChI is InChI=1S/C26H29ClN2O/c1-19(2)7-6-8-20(3)15-18-30-26(21-11-13-22(27)14-12-21)24-10-5-4-9-23(24)25-28-16-17-29(25)26/h4-5,7,9-15H,6,8,16-18H2,1-3H3/b20-15+. The summed E-state index contributed by atoms with van der Waals surface area (Å²) in [5.74, 6) is 1.03. The van der Waals surface area contributed by atoms with E-state index in [-0.39, 0.29) is 0 Å². The number of allylic oxidation sites excluding steroid dienone is 3. The first-order valence-electron chi connectivity index (χ1n) is 10.6. The van der Waals surface area contributed by atoms with Crippen LogP contribution >= 0.6 is 11.6 Å². The highest BCUT2D eigenvalue weighted by Crippen LogP contribution is 2.46. The molecule has 0 bridgehead atoms. The van der Waals surface area contributed by atoms with Crippen molar-refractivity contribution < 1.29 is 4.74 Å². The Kier molecular flexibility index (Phi) is 6.12. The maximum atomic E-state index is 6.77. The third-order valence-corrected chi connectivity index (χ3v) is 6.06. The predicted octanol–water partition coefficient (Wildman–Crippen LogP) is 6.33. The Morgan fingerprint density at radius 2 is 1.87 bits per heavy atom. The number of nitrogens with zero attached hydrogens (tertiary/aromatic N) is 2. The van der Waals surface area contributed by atoms with Crippen LogP contribution < -0.4 is 0 Å². The molecule has 2 aromatic carbocycles. The van der Waals surface area contributed by atoms with E-state index in [0.717, 1.165) is 53.5 Å². The van der Waals surface area contributed by atoms with Crippen LogP contribution in [-0.2, 0) is 10.5 Å². The summed E-state index contributed by atoms with van der Waals surface area (Å²) in [6.07, 6.45) is 6.62. The highest BCUT2D eigenvalue weighted by molar-refractivity contribution is 6.30. The zero-order valence-corrected chi connectivity index (χ0v) is 18.7. The smallest absolute Gasteiger partial charge is 0.196 e. The number of amidine groups is 1. The molecule has 0 fully saturated rings. The van der Waals surface area contributed by atoms with Crippen LogP contribution in [0.25, 0.3) is 0 Å². The van der Waals surface area contributed by atoms with Crippen molar-refractivity contribution in [2.75, 3.05) is 19.7 Å². The van der Waals surface area contributed by atoms with Crippen LogP contribution in [0.4, 0.5) is 0 Å². The summed E-state index contributed by atoms with van der Waals surface area (Å²) in [5.41, 5.74) is 5.44. The van der Waals surface area contributed by atoms with Crippen molar-refractivity contribution in [2.45, 2.75) is 39.3 Å². The van der Waals surface area contributed by atoms with Crippen LogP contribution in [0.15, 0.2) is 76.8 Å². The van der Waals surface area contributed by atoms with E-state index in [9.17, 15) is 0 Å². The van der Waals surface area contributed by atoms with Crippen molar-refractivity contribution in [1.82, 2.24) is 4.90 Å². The number of rotatable bonds is 7. The lowest BCUT2D eigenvalue weighted by atomic mass is 9.93. The van der Waals surface area contributed by atoms with Crippen molar-refractivity contribution in [3.05, 3.63) is 93.5 Å². The number of fused-ring (bicyclic) bond motifs is 3. The number of aliphatic imine (C=N–C) groups is 1. The molecule has 0 saturated carbocycles. The normalized spacial score (nSPS) is 20.1. The molecule has 0 amide bonds. The van der Waals surface area contributed by atoms with E-state index >= 15 is 0 Å². The molecule has 1 atom stereocenters. The zero-order valence-electron chi connectivity index (χ0n) is 18.0. The quantitative estimate of drug-likeness (QED) is 0.489. The molecule has 0 saturated heterocycles. The predicted molar refractivity (Wildman–Crippen MR) is 125 cm³/mol. The number of halogens is 1. The SMILES string of the molecule is CC(C)=CCC/C(C)=C/COC1(c2ccc(Cl)cc2)c2ccccc2C2=NCCN21. The van der Waals surface area contributed by atoms with Crippen LogP contribution in [0, 0.1) is 0 Å². The van der Waals surface area contributed by atoms with Crippen molar-refractivity contribution >= 4 is 17.4 Å². The molecule has 30 heavy (non-hydrogen) atoms. The van der Waals surface area contributed by atoms with Crippen molar-refractivity contribution in [3.63, 3.8) is 0 Å². The zero-order chi connectivity index (χ0) is 21.1. The molecular formula is C26H29ClN2O. The molecule has 1 unspecified atom stereocenters. The van der Waals surface area contributed by atoms with E-state index in [2.05, 4.69) is 74.2 Å². The summed E-state index contributed by atoms with van der Waals surface area (Å²) in [6, 6.07) is 16.5. The van der Waals surface area contributed by atoms with Crippen LogP contribution in [0.3, 0.4) is 0 Å². The Hall–Kier alpha value is -2.36. The second-order valence-corrected chi connectivity index (χ2v) is 8.67. The molecule has 0 N–H and O–H groups in total. The van der Waals surface area contributed by atoms with Gasteiger partial charge in [0.05, 0.1) is 13.2 Å². The second kappa shape index (κ2) is 8.79. The van der Waals surface area contributed by atoms with Gasteiger partial charge in [-0.1, -0.05) is 71.3 Å². The molecule has 0 spiro atoms. The minimum absolute atomic E-state index is 0.543. The summed E-state index contributed by atoms with van der Waals surface area (Å²) >= 11 is 6.20. The molecule has 4 rings (SSSR count). The largest absolute Gasteiger partial charge is 0.343 e. The lowest BCUT2D eigenvalue weighted by Gasteiger charge is -2.38. The van der Waals surface area contributed by atoms with Gasteiger partial charge in [-0.2, -0.15) is 0 Å². The number of hydrogen-bond donors (Lipinski definition) is 0. The first-order chi connectivity index (χ1) is 14.5. The topological polar surface area (TPSA) is 24.8 Å². The van der Waals surface area contributed by atoms with Crippen molar-refractivity contribution in [1.29, 1.82) is 0 Å². The van der Waals surface area contributed by atoms with Gasteiger partial charge in [-0.25, -0.2) is 0 Å². The van der Waals surface area contributed by atoms with Gasteiger partial charge in [-0.05, 0) is 45.7 Å². The number of ether oxygens (including phenoxy) is 1. The van der Waals surface area contributed by atoms with Crippen molar-refractivity contribution in [3.8, 4) is 0 Å². The highest BCUT2D eigenvalue weighted by Gasteiger charge is 2.51. The number of hydrogen-bond acceptors (Lipinski definition) is 3. The first kappa shape index (κ1) is 20.9. The third kappa shape index (κ3) is 3.84. The molecule has 2 aromatic rings. The van der Waals surface area contributed by atoms with Crippen molar-refractivity contribution in [2.24, 2.45) is 4.99 Å². The molecule has 156 valence electrons. The Bertz CT molecular complexity index is 1000. The second-order valence-electron chi connectivity index (χ2n) is 8.24. The molecule has 2 heterocycles. The van der Waals surface area contributed by atoms with Crippen LogP contribution in [0.5, 0.6) is 0 Å². The minimum atomic E-state index is -0.673. The fourth-order valence-electron chi connectivity index (χ4n) is 4.32. The summed E-state index contributed by atoms with van der Waals surface area (Å²) in [7, 11) is 0. The molecule has 2 aliphatic heterocycles. The Morgan fingerprint density at radius 3 is 2.63 bits per heavy atom. The van der Waals surface area contributed by atoms with Gasteiger partial charge in [0.2, 0.25) is 0 Å². The van der Waals surface area contributed by atoms with Crippen LogP contribution in [-0.4, -0.2) is 30.4 Å². The maximum Gasteiger partial charge on any atom is 0.196 e. The van der Waals surface area contributed by atoms with Crippen LogP contribution in [0.2, 0.25) is 5.02 Å². The van der Waals surface area contributed by atoms with E-state index in [0.29, 0.717) is 6.61 Å². The summed E-state index contributed by atoms with van der Waals surface area (Å²) in [5, 5.41) is 0.727. The molecule has 0 radical (unpaired) electrons. The fourth-order valence-corrected chi connectivity index (χ4v) is 4.45. The molecule has 0 aromatic heterocycles. The van der Waals surface area contributed by atoms with Gasteiger partial charge < -0.3 is 9.64 Å². The molecular weight excluding hydrogens is 392 g/mol. The minimum Gasteiger partial charge on any atom is -0.343 e. The first-order valence-corrected chi connectivity index (χ1v) is 11.0. The van der Waals surface area contributed by atoms with Gasteiger partial charge >= 0.3 is 0 Å². The van der Waals surface area contributed by atoms with Gasteiger partial charge in [-0.15, -0.1) is 0 Å². The Balaban J connectivity index is 1.68. The van der Waals surface area contributed by atoms with Crippen LogP contribution in [0.1, 0.15) is 50.3 Å². The monoisotopic (exact) mass is 420 g/mol. The van der Waals surface area contributed by atoms with Gasteiger partial charge in [0, 0.05) is 28.3 Å². The molecule has 0 aliphatic carbocycles. The average molecular weight is 421 g/mol. The fraction of sp³-hybridized carbons (Fsp3) is 0.346. The van der Waals surface area contributed by atoms with Gasteiger partial charge in [0.25, 0.3) is 0 Å². The van der Waals surface area contributed by atoms with Gasteiger partial charge in [-0.3, -0.25) is 4.99 Å². The lowest BCUT2D eigenvalue weighted by molar-refractivity contribution is -0.0821. The van der Waals surface area contributed by atoms with E-state index in [1.54, 1.807) is 0 Å². The summed E-state index contributed by atoms with van der Waals surface area (Å²) in [4.78, 5) is 7.10.